The average molecular weight is 294 g/mol. The number of carbonyl (C=O) groups is 1. The number of hydrogen-bond acceptors (Lipinski definition) is 5. The van der Waals surface area contributed by atoms with E-state index in [1.165, 1.54) is 11.3 Å². The van der Waals surface area contributed by atoms with E-state index in [2.05, 4.69) is 10.3 Å². The number of nitrogens with two attached hydrogens (primary N) is 1. The molecular weight excluding hydrogens is 284 g/mol. The minimum atomic E-state index is -0.278. The Bertz CT molecular complexity index is 862. The fourth-order valence-electron chi connectivity index (χ4n) is 1.93. The molecule has 0 spiro atoms. The Morgan fingerprint density at radius 2 is 2.05 bits per heavy atom. The highest BCUT2D eigenvalue weighted by Crippen LogP contribution is 2.32. The molecule has 21 heavy (non-hydrogen) atoms. The molecule has 1 amide bonds. The van der Waals surface area contributed by atoms with Crippen LogP contribution in [-0.4, -0.2) is 10.9 Å². The maximum Gasteiger partial charge on any atom is 0.267 e. The Morgan fingerprint density at radius 1 is 1.29 bits per heavy atom. The number of hydrogen-bond donors (Lipinski definition) is 2. The van der Waals surface area contributed by atoms with Gasteiger partial charge in [-0.1, -0.05) is 0 Å². The van der Waals surface area contributed by atoms with Crippen molar-refractivity contribution in [3.63, 3.8) is 0 Å². The second kappa shape index (κ2) is 5.23. The van der Waals surface area contributed by atoms with Gasteiger partial charge in [-0.05, 0) is 36.4 Å². The monoisotopic (exact) mass is 294 g/mol. The SMILES string of the molecule is N#Cc1ccc(NC(=O)c2sc3cccnc3c2N)cc1. The van der Waals surface area contributed by atoms with Crippen molar-refractivity contribution >= 4 is 38.8 Å². The zero-order chi connectivity index (χ0) is 14.8. The lowest BCUT2D eigenvalue weighted by Gasteiger charge is -2.04. The van der Waals surface area contributed by atoms with Gasteiger partial charge in [0.15, 0.2) is 0 Å². The van der Waals surface area contributed by atoms with Crippen LogP contribution in [0.15, 0.2) is 42.6 Å². The van der Waals surface area contributed by atoms with Gasteiger partial charge in [0.05, 0.1) is 22.0 Å². The summed E-state index contributed by atoms with van der Waals surface area (Å²) in [7, 11) is 0. The number of nitrogens with one attached hydrogen (secondary N) is 1. The zero-order valence-electron chi connectivity index (χ0n) is 10.8. The minimum Gasteiger partial charge on any atom is -0.396 e. The third-order valence-corrected chi connectivity index (χ3v) is 4.12. The molecule has 0 radical (unpaired) electrons. The fraction of sp³-hybridized carbons (Fsp3) is 0. The molecule has 0 aliphatic rings. The molecule has 6 heteroatoms. The molecule has 1 aromatic carbocycles. The molecule has 0 unspecified atom stereocenters. The molecule has 0 atom stereocenters. The van der Waals surface area contributed by atoms with Crippen molar-refractivity contribution in [1.29, 1.82) is 5.26 Å². The molecule has 3 N–H and O–H groups in total. The van der Waals surface area contributed by atoms with E-state index in [1.807, 2.05) is 12.1 Å². The van der Waals surface area contributed by atoms with Gasteiger partial charge in [0, 0.05) is 11.9 Å². The van der Waals surface area contributed by atoms with Gasteiger partial charge in [0.25, 0.3) is 5.91 Å². The first-order valence-electron chi connectivity index (χ1n) is 6.13. The molecular formula is C15H10N4OS. The summed E-state index contributed by atoms with van der Waals surface area (Å²) in [5.74, 6) is -0.278. The Balaban J connectivity index is 1.90. The Morgan fingerprint density at radius 3 is 2.71 bits per heavy atom. The summed E-state index contributed by atoms with van der Waals surface area (Å²) in [6.07, 6.45) is 1.65. The lowest BCUT2D eigenvalue weighted by Crippen LogP contribution is -2.11. The maximum absolute atomic E-state index is 12.3. The first kappa shape index (κ1) is 13.1. The highest BCUT2D eigenvalue weighted by molar-refractivity contribution is 7.21. The smallest absolute Gasteiger partial charge is 0.267 e. The maximum atomic E-state index is 12.3. The summed E-state index contributed by atoms with van der Waals surface area (Å²) < 4.78 is 0.875. The standard InChI is InChI=1S/C15H10N4OS/c16-8-9-3-5-10(6-4-9)19-15(20)14-12(17)13-11(21-14)2-1-7-18-13/h1-7H,17H2,(H,19,20). The summed E-state index contributed by atoms with van der Waals surface area (Å²) in [5.41, 5.74) is 8.17. The van der Waals surface area contributed by atoms with Gasteiger partial charge >= 0.3 is 0 Å². The topological polar surface area (TPSA) is 91.8 Å². The zero-order valence-corrected chi connectivity index (χ0v) is 11.6. The summed E-state index contributed by atoms with van der Waals surface area (Å²) in [6, 6.07) is 12.4. The Kier molecular flexibility index (Phi) is 3.26. The number of nitrogen functional groups attached to an aromatic ring is 1. The third kappa shape index (κ3) is 2.42. The van der Waals surface area contributed by atoms with Crippen molar-refractivity contribution in [3.05, 3.63) is 53.0 Å². The Labute approximate surface area is 124 Å². The van der Waals surface area contributed by atoms with Crippen molar-refractivity contribution in [2.45, 2.75) is 0 Å². The van der Waals surface area contributed by atoms with E-state index in [0.29, 0.717) is 27.3 Å². The van der Waals surface area contributed by atoms with Crippen LogP contribution in [0.3, 0.4) is 0 Å². The number of pyridine rings is 1. The molecule has 0 saturated heterocycles. The summed E-state index contributed by atoms with van der Waals surface area (Å²) >= 11 is 1.31. The number of fused-ring (bicyclic) bond motifs is 1. The Hall–Kier alpha value is -2.91. The van der Waals surface area contributed by atoms with Gasteiger partial charge in [0.2, 0.25) is 0 Å². The van der Waals surface area contributed by atoms with Crippen LogP contribution >= 0.6 is 11.3 Å². The lowest BCUT2D eigenvalue weighted by atomic mass is 10.2. The summed E-state index contributed by atoms with van der Waals surface area (Å²) in [6.45, 7) is 0. The van der Waals surface area contributed by atoms with Crippen molar-refractivity contribution < 1.29 is 4.79 Å². The first-order valence-corrected chi connectivity index (χ1v) is 6.95. The lowest BCUT2D eigenvalue weighted by molar-refractivity contribution is 0.103. The van der Waals surface area contributed by atoms with Gasteiger partial charge in [0.1, 0.15) is 10.4 Å². The minimum absolute atomic E-state index is 0.278. The van der Waals surface area contributed by atoms with E-state index < -0.39 is 0 Å². The molecule has 0 aliphatic heterocycles. The molecule has 5 nitrogen and oxygen atoms in total. The first-order chi connectivity index (χ1) is 10.2. The molecule has 2 heterocycles. The van der Waals surface area contributed by atoms with Crippen LogP contribution in [-0.2, 0) is 0 Å². The van der Waals surface area contributed by atoms with Gasteiger partial charge in [-0.3, -0.25) is 9.78 Å². The number of aromatic nitrogens is 1. The number of rotatable bonds is 2. The predicted octanol–water partition coefficient (Wildman–Crippen LogP) is 3.00. The van der Waals surface area contributed by atoms with Crippen molar-refractivity contribution in [2.24, 2.45) is 0 Å². The van der Waals surface area contributed by atoms with Gasteiger partial charge in [-0.25, -0.2) is 0 Å². The summed E-state index contributed by atoms with van der Waals surface area (Å²) in [4.78, 5) is 16.9. The molecule has 3 rings (SSSR count). The van der Waals surface area contributed by atoms with Crippen molar-refractivity contribution in [2.75, 3.05) is 11.1 Å². The van der Waals surface area contributed by atoms with Crippen LogP contribution in [0.4, 0.5) is 11.4 Å². The van der Waals surface area contributed by atoms with Crippen molar-refractivity contribution in [3.8, 4) is 6.07 Å². The van der Waals surface area contributed by atoms with Crippen LogP contribution in [0.1, 0.15) is 15.2 Å². The highest BCUT2D eigenvalue weighted by Gasteiger charge is 2.17. The van der Waals surface area contributed by atoms with Gasteiger partial charge in [-0.15, -0.1) is 11.3 Å². The van der Waals surface area contributed by atoms with Crippen LogP contribution < -0.4 is 11.1 Å². The number of thiophene rings is 1. The molecule has 0 bridgehead atoms. The highest BCUT2D eigenvalue weighted by atomic mass is 32.1. The average Bonchev–Trinajstić information content (AvgIpc) is 2.86. The van der Waals surface area contributed by atoms with E-state index >= 15 is 0 Å². The molecule has 102 valence electrons. The number of carbonyl (C=O) groups excluding carboxylic acids is 1. The number of anilines is 2. The second-order valence-electron chi connectivity index (χ2n) is 4.34. The number of nitriles is 1. The molecule has 0 saturated carbocycles. The second-order valence-corrected chi connectivity index (χ2v) is 5.39. The summed E-state index contributed by atoms with van der Waals surface area (Å²) in [5, 5.41) is 11.5. The molecule has 3 aromatic rings. The predicted molar refractivity (Wildman–Crippen MR) is 83.1 cm³/mol. The number of amides is 1. The normalized spacial score (nSPS) is 10.2. The van der Waals surface area contributed by atoms with Crippen LogP contribution in [0.25, 0.3) is 10.2 Å². The van der Waals surface area contributed by atoms with E-state index in [0.717, 1.165) is 4.70 Å². The van der Waals surface area contributed by atoms with E-state index in [1.54, 1.807) is 36.5 Å². The molecule has 0 fully saturated rings. The number of nitrogens with zero attached hydrogens (tertiary/aromatic N) is 2. The van der Waals surface area contributed by atoms with Gasteiger partial charge < -0.3 is 11.1 Å². The van der Waals surface area contributed by atoms with Crippen molar-refractivity contribution in [1.82, 2.24) is 4.98 Å². The van der Waals surface area contributed by atoms with E-state index in [-0.39, 0.29) is 5.91 Å². The van der Waals surface area contributed by atoms with Crippen LogP contribution in [0, 0.1) is 11.3 Å². The van der Waals surface area contributed by atoms with Gasteiger partial charge in [-0.2, -0.15) is 5.26 Å². The van der Waals surface area contributed by atoms with Crippen LogP contribution in [0.5, 0.6) is 0 Å². The largest absolute Gasteiger partial charge is 0.396 e. The van der Waals surface area contributed by atoms with E-state index in [9.17, 15) is 4.79 Å². The fourth-order valence-corrected chi connectivity index (χ4v) is 2.91. The molecule has 2 aromatic heterocycles. The molecule has 0 aliphatic carbocycles. The number of benzene rings is 1. The quantitative estimate of drug-likeness (QED) is 0.760. The third-order valence-electron chi connectivity index (χ3n) is 2.96. The van der Waals surface area contributed by atoms with Crippen LogP contribution in [0.2, 0.25) is 0 Å². The van der Waals surface area contributed by atoms with E-state index in [4.69, 9.17) is 11.0 Å².